The molecule has 0 atom stereocenters. The van der Waals surface area contributed by atoms with Crippen molar-refractivity contribution in [1.29, 1.82) is 0 Å². The maximum Gasteiger partial charge on any atom is 0.149 e. The predicted molar refractivity (Wildman–Crippen MR) is 72.3 cm³/mol. The molecule has 1 saturated carbocycles. The van der Waals surface area contributed by atoms with E-state index in [9.17, 15) is 0 Å². The van der Waals surface area contributed by atoms with Crippen molar-refractivity contribution in [2.24, 2.45) is 9.98 Å². The largest absolute Gasteiger partial charge is 0.245 e. The third kappa shape index (κ3) is 4.73. The van der Waals surface area contributed by atoms with E-state index < -0.39 is 0 Å². The molecule has 1 fully saturated rings. The van der Waals surface area contributed by atoms with Crippen LogP contribution in [-0.2, 0) is 0 Å². The average molecular weight is 220 g/mol. The van der Waals surface area contributed by atoms with Crippen molar-refractivity contribution in [3.8, 4) is 0 Å². The topological polar surface area (TPSA) is 24.7 Å². The van der Waals surface area contributed by atoms with Gasteiger partial charge in [-0.25, -0.2) is 9.98 Å². The van der Waals surface area contributed by atoms with Gasteiger partial charge in [-0.15, -0.1) is 0 Å². The summed E-state index contributed by atoms with van der Waals surface area (Å²) in [6, 6.07) is 0. The van der Waals surface area contributed by atoms with Crippen LogP contribution in [0.1, 0.15) is 64.7 Å². The molecule has 1 aliphatic rings. The number of nitrogens with zero attached hydrogens (tertiary/aromatic N) is 2. The van der Waals surface area contributed by atoms with Crippen LogP contribution in [0.15, 0.2) is 21.4 Å². The Hall–Kier alpha value is -0.920. The van der Waals surface area contributed by atoms with Crippen LogP contribution in [0.4, 0.5) is 0 Å². The molecule has 0 radical (unpaired) electrons. The molecule has 90 valence electrons. The van der Waals surface area contributed by atoms with E-state index in [0.29, 0.717) is 0 Å². The van der Waals surface area contributed by atoms with Gasteiger partial charge in [0.25, 0.3) is 0 Å². The first-order valence-electron chi connectivity index (χ1n) is 6.59. The van der Waals surface area contributed by atoms with Gasteiger partial charge >= 0.3 is 0 Å². The van der Waals surface area contributed by atoms with Gasteiger partial charge in [-0.3, -0.25) is 0 Å². The molecule has 0 amide bonds. The van der Waals surface area contributed by atoms with Gasteiger partial charge < -0.3 is 0 Å². The second-order valence-electron chi connectivity index (χ2n) is 4.43. The molecule has 1 rings (SSSR count). The van der Waals surface area contributed by atoms with Crippen molar-refractivity contribution in [3.05, 3.63) is 11.4 Å². The third-order valence-electron chi connectivity index (χ3n) is 3.07. The molecule has 2 nitrogen and oxygen atoms in total. The van der Waals surface area contributed by atoms with Crippen LogP contribution in [0.3, 0.4) is 0 Å². The number of allylic oxidation sites excluding steroid dienone is 1. The molecule has 0 aliphatic heterocycles. The smallest absolute Gasteiger partial charge is 0.149 e. The Morgan fingerprint density at radius 1 is 1.12 bits per heavy atom. The lowest BCUT2D eigenvalue weighted by Crippen LogP contribution is -1.90. The van der Waals surface area contributed by atoms with E-state index >= 15 is 0 Å². The third-order valence-corrected chi connectivity index (χ3v) is 3.07. The van der Waals surface area contributed by atoms with E-state index in [1.807, 2.05) is 6.21 Å². The van der Waals surface area contributed by atoms with Gasteiger partial charge in [-0.1, -0.05) is 32.6 Å². The van der Waals surface area contributed by atoms with Crippen LogP contribution in [0, 0.1) is 0 Å². The van der Waals surface area contributed by atoms with Gasteiger partial charge in [-0.2, -0.15) is 0 Å². The summed E-state index contributed by atoms with van der Waals surface area (Å²) in [5.74, 6) is 0.892. The normalized spacial score (nSPS) is 18.9. The van der Waals surface area contributed by atoms with E-state index in [4.69, 9.17) is 0 Å². The fraction of sp³-hybridized carbons (Fsp3) is 0.714. The van der Waals surface area contributed by atoms with Crippen molar-refractivity contribution >= 4 is 12.9 Å². The molecule has 0 unspecified atom stereocenters. The molecule has 0 aromatic carbocycles. The molecule has 2 heteroatoms. The van der Waals surface area contributed by atoms with E-state index in [2.05, 4.69) is 23.6 Å². The zero-order valence-electron chi connectivity index (χ0n) is 10.5. The van der Waals surface area contributed by atoms with Gasteiger partial charge in [0, 0.05) is 6.21 Å². The summed E-state index contributed by atoms with van der Waals surface area (Å²) in [4.78, 5) is 8.50. The standard InChI is InChI=1S/C14H24N2/c1-3-12-16-14(15-2)13-10-8-6-4-5-7-9-11-13/h12H,2-11H2,1H3. The zero-order chi connectivity index (χ0) is 11.6. The molecule has 0 aromatic heterocycles. The lowest BCUT2D eigenvalue weighted by atomic mass is 10.0. The predicted octanol–water partition coefficient (Wildman–Crippen LogP) is 4.51. The molecular weight excluding hydrogens is 196 g/mol. The number of rotatable bonds is 3. The Morgan fingerprint density at radius 3 is 2.19 bits per heavy atom. The van der Waals surface area contributed by atoms with Crippen molar-refractivity contribution in [3.63, 3.8) is 0 Å². The molecule has 0 bridgehead atoms. The summed E-state index contributed by atoms with van der Waals surface area (Å²) in [6.07, 6.45) is 13.3. The summed E-state index contributed by atoms with van der Waals surface area (Å²) in [5, 5.41) is 0. The van der Waals surface area contributed by atoms with Crippen LogP contribution in [0.25, 0.3) is 0 Å². The summed E-state index contributed by atoms with van der Waals surface area (Å²) in [5.41, 5.74) is 1.42. The SMILES string of the molecule is C=NC(N=CCC)=C1CCCCCCCC1. The number of aliphatic imine (C=N–C) groups is 2. The van der Waals surface area contributed by atoms with Crippen molar-refractivity contribution in [1.82, 2.24) is 0 Å². The Morgan fingerprint density at radius 2 is 1.69 bits per heavy atom. The fourth-order valence-corrected chi connectivity index (χ4v) is 2.15. The fourth-order valence-electron chi connectivity index (χ4n) is 2.15. The Balaban J connectivity index is 2.71. The van der Waals surface area contributed by atoms with Crippen LogP contribution in [0.5, 0.6) is 0 Å². The first-order chi connectivity index (χ1) is 7.88. The van der Waals surface area contributed by atoms with Crippen molar-refractivity contribution < 1.29 is 0 Å². The lowest BCUT2D eigenvalue weighted by molar-refractivity contribution is 0.624. The highest BCUT2D eigenvalue weighted by Gasteiger charge is 2.07. The monoisotopic (exact) mass is 220 g/mol. The summed E-state index contributed by atoms with van der Waals surface area (Å²) in [6.45, 7) is 5.74. The van der Waals surface area contributed by atoms with Gasteiger partial charge in [0.2, 0.25) is 0 Å². The number of hydrogen-bond acceptors (Lipinski definition) is 2. The van der Waals surface area contributed by atoms with Gasteiger partial charge in [-0.05, 0) is 44.4 Å². The zero-order valence-corrected chi connectivity index (χ0v) is 10.5. The molecule has 0 heterocycles. The van der Waals surface area contributed by atoms with Crippen LogP contribution < -0.4 is 0 Å². The Labute approximate surface area is 99.6 Å². The average Bonchev–Trinajstić information content (AvgIpc) is 2.44. The Bertz CT molecular complexity index is 252. The van der Waals surface area contributed by atoms with Gasteiger partial charge in [0.15, 0.2) is 0 Å². The van der Waals surface area contributed by atoms with E-state index in [1.54, 1.807) is 0 Å². The van der Waals surface area contributed by atoms with Gasteiger partial charge in [0.1, 0.15) is 5.82 Å². The molecule has 0 spiro atoms. The van der Waals surface area contributed by atoms with Crippen LogP contribution in [-0.4, -0.2) is 12.9 Å². The molecular formula is C14H24N2. The van der Waals surface area contributed by atoms with Crippen molar-refractivity contribution in [2.45, 2.75) is 64.7 Å². The highest BCUT2D eigenvalue weighted by molar-refractivity contribution is 5.58. The minimum Gasteiger partial charge on any atom is -0.245 e. The lowest BCUT2D eigenvalue weighted by Gasteiger charge is -2.07. The highest BCUT2D eigenvalue weighted by Crippen LogP contribution is 2.24. The van der Waals surface area contributed by atoms with Crippen LogP contribution >= 0.6 is 0 Å². The first-order valence-corrected chi connectivity index (χ1v) is 6.59. The molecule has 0 aromatic rings. The second-order valence-corrected chi connectivity index (χ2v) is 4.43. The van der Waals surface area contributed by atoms with Gasteiger partial charge in [0.05, 0.1) is 0 Å². The quantitative estimate of drug-likeness (QED) is 0.625. The number of hydrogen-bond donors (Lipinski definition) is 0. The summed E-state index contributed by atoms with van der Waals surface area (Å²) in [7, 11) is 0. The van der Waals surface area contributed by atoms with E-state index in [0.717, 1.165) is 25.1 Å². The minimum absolute atomic E-state index is 0.892. The van der Waals surface area contributed by atoms with E-state index in [1.165, 1.54) is 44.1 Å². The molecule has 0 saturated heterocycles. The molecule has 16 heavy (non-hydrogen) atoms. The maximum atomic E-state index is 4.41. The molecule has 0 N–H and O–H groups in total. The van der Waals surface area contributed by atoms with Crippen molar-refractivity contribution in [2.75, 3.05) is 0 Å². The summed E-state index contributed by atoms with van der Waals surface area (Å²) < 4.78 is 0. The second kappa shape index (κ2) is 8.26. The minimum atomic E-state index is 0.892. The van der Waals surface area contributed by atoms with Crippen LogP contribution in [0.2, 0.25) is 0 Å². The first kappa shape index (κ1) is 13.1. The highest BCUT2D eigenvalue weighted by atomic mass is 14.9. The maximum absolute atomic E-state index is 4.41. The Kier molecular flexibility index (Phi) is 6.78. The van der Waals surface area contributed by atoms with E-state index in [-0.39, 0.29) is 0 Å². The summed E-state index contributed by atoms with van der Waals surface area (Å²) >= 11 is 0. The molecule has 1 aliphatic carbocycles.